The second-order valence-electron chi connectivity index (χ2n) is 5.42. The minimum atomic E-state index is 0.262. The van der Waals surface area contributed by atoms with Gasteiger partial charge in [0.25, 0.3) is 0 Å². The molecule has 0 aliphatic carbocycles. The van der Waals surface area contributed by atoms with Crippen LogP contribution in [-0.2, 0) is 0 Å². The van der Waals surface area contributed by atoms with Gasteiger partial charge < -0.3 is 9.73 Å². The van der Waals surface area contributed by atoms with Crippen LogP contribution in [0.3, 0.4) is 0 Å². The van der Waals surface area contributed by atoms with E-state index in [-0.39, 0.29) is 6.04 Å². The minimum Gasteiger partial charge on any atom is -0.468 e. The van der Waals surface area contributed by atoms with E-state index in [1.54, 1.807) is 12.5 Å². The highest BCUT2D eigenvalue weighted by Gasteiger charge is 2.25. The summed E-state index contributed by atoms with van der Waals surface area (Å²) in [7, 11) is 0. The van der Waals surface area contributed by atoms with Crippen molar-refractivity contribution in [2.75, 3.05) is 19.6 Å². The van der Waals surface area contributed by atoms with E-state index in [1.165, 1.54) is 12.8 Å². The van der Waals surface area contributed by atoms with Gasteiger partial charge in [-0.25, -0.2) is 0 Å². The maximum Gasteiger partial charge on any atom is 0.122 e. The highest BCUT2D eigenvalue weighted by molar-refractivity contribution is 5.08. The van der Waals surface area contributed by atoms with Crippen LogP contribution in [0.5, 0.6) is 0 Å². The molecule has 20 heavy (non-hydrogen) atoms. The van der Waals surface area contributed by atoms with Gasteiger partial charge in [-0.2, -0.15) is 5.10 Å². The first-order chi connectivity index (χ1) is 9.84. The lowest BCUT2D eigenvalue weighted by molar-refractivity contribution is 0.205. The van der Waals surface area contributed by atoms with Crippen molar-refractivity contribution in [2.45, 2.75) is 31.8 Å². The second-order valence-corrected chi connectivity index (χ2v) is 5.42. The first kappa shape index (κ1) is 13.4. The molecule has 2 atom stereocenters. The van der Waals surface area contributed by atoms with E-state index in [2.05, 4.69) is 33.4 Å². The van der Waals surface area contributed by atoms with Crippen LogP contribution in [0.4, 0.5) is 0 Å². The van der Waals surface area contributed by atoms with Crippen LogP contribution in [0, 0.1) is 0 Å². The van der Waals surface area contributed by atoms with Crippen molar-refractivity contribution in [2.24, 2.45) is 0 Å². The molecule has 108 valence electrons. The zero-order valence-electron chi connectivity index (χ0n) is 11.9. The van der Waals surface area contributed by atoms with Crippen molar-refractivity contribution >= 4 is 0 Å². The van der Waals surface area contributed by atoms with Gasteiger partial charge in [-0.1, -0.05) is 0 Å². The van der Waals surface area contributed by atoms with Crippen molar-refractivity contribution in [3.8, 4) is 0 Å². The van der Waals surface area contributed by atoms with E-state index in [9.17, 15) is 0 Å². The summed E-state index contributed by atoms with van der Waals surface area (Å²) in [6.07, 6.45) is 6.12. The minimum absolute atomic E-state index is 0.262. The van der Waals surface area contributed by atoms with Gasteiger partial charge in [0.05, 0.1) is 18.0 Å². The number of likely N-dealkylation sites (tertiary alicyclic amines) is 1. The second kappa shape index (κ2) is 6.24. The van der Waals surface area contributed by atoms with Gasteiger partial charge in [0.2, 0.25) is 0 Å². The molecule has 2 aromatic heterocycles. The summed E-state index contributed by atoms with van der Waals surface area (Å²) in [5.74, 6) is 1.05. The largest absolute Gasteiger partial charge is 0.468 e. The van der Waals surface area contributed by atoms with Gasteiger partial charge in [0.1, 0.15) is 5.76 Å². The van der Waals surface area contributed by atoms with Gasteiger partial charge >= 0.3 is 0 Å². The summed E-state index contributed by atoms with van der Waals surface area (Å²) >= 11 is 0. The Morgan fingerprint density at radius 2 is 2.25 bits per heavy atom. The molecule has 5 heteroatoms. The van der Waals surface area contributed by atoms with E-state index >= 15 is 0 Å². The average Bonchev–Trinajstić information content (AvgIpc) is 3.22. The molecule has 2 unspecified atom stereocenters. The van der Waals surface area contributed by atoms with Crippen LogP contribution in [-0.4, -0.2) is 34.7 Å². The zero-order chi connectivity index (χ0) is 13.8. The van der Waals surface area contributed by atoms with Crippen LogP contribution >= 0.6 is 0 Å². The number of rotatable bonds is 6. The Balaban J connectivity index is 1.64. The molecule has 1 fully saturated rings. The number of H-pyrrole nitrogens is 1. The molecule has 0 spiro atoms. The Morgan fingerprint density at radius 3 is 2.90 bits per heavy atom. The van der Waals surface area contributed by atoms with Crippen molar-refractivity contribution in [3.63, 3.8) is 0 Å². The van der Waals surface area contributed by atoms with Crippen LogP contribution in [0.15, 0.2) is 35.1 Å². The first-order valence-corrected chi connectivity index (χ1v) is 7.34. The van der Waals surface area contributed by atoms with E-state index < -0.39 is 0 Å². The first-order valence-electron chi connectivity index (χ1n) is 7.34. The van der Waals surface area contributed by atoms with Gasteiger partial charge in [-0.15, -0.1) is 0 Å². The van der Waals surface area contributed by atoms with E-state index in [1.807, 2.05) is 12.1 Å². The fraction of sp³-hybridized carbons (Fsp3) is 0.533. The molecule has 3 rings (SSSR count). The molecule has 1 saturated heterocycles. The van der Waals surface area contributed by atoms with E-state index in [0.29, 0.717) is 6.04 Å². The molecule has 2 aromatic rings. The predicted molar refractivity (Wildman–Crippen MR) is 77.3 cm³/mol. The number of hydrogen-bond donors (Lipinski definition) is 2. The summed E-state index contributed by atoms with van der Waals surface area (Å²) in [6, 6.07) is 6.63. The van der Waals surface area contributed by atoms with Crippen molar-refractivity contribution in [3.05, 3.63) is 42.1 Å². The molecule has 2 N–H and O–H groups in total. The summed E-state index contributed by atoms with van der Waals surface area (Å²) in [5, 5.41) is 10.6. The number of nitrogens with zero attached hydrogens (tertiary/aromatic N) is 2. The summed E-state index contributed by atoms with van der Waals surface area (Å²) in [6.45, 7) is 5.35. The fourth-order valence-corrected chi connectivity index (χ4v) is 2.85. The molecule has 3 heterocycles. The lowest BCUT2D eigenvalue weighted by atomic mass is 10.1. The van der Waals surface area contributed by atoms with Gasteiger partial charge in [0.15, 0.2) is 0 Å². The quantitative estimate of drug-likeness (QED) is 0.849. The Bertz CT molecular complexity index is 488. The van der Waals surface area contributed by atoms with Crippen molar-refractivity contribution < 1.29 is 4.42 Å². The molecule has 0 saturated carbocycles. The summed E-state index contributed by atoms with van der Waals surface area (Å²) in [4.78, 5) is 2.51. The number of aromatic nitrogens is 2. The normalized spacial score (nSPS) is 19.2. The standard InChI is InChI=1S/C15H22N4O/c1-12(13-6-7-17-18-13)16-11-14(15-5-4-10-20-15)19-8-2-3-9-19/h4-7,10,12,14,16H,2-3,8-9,11H2,1H3,(H,17,18). The monoisotopic (exact) mass is 274 g/mol. The van der Waals surface area contributed by atoms with Crippen LogP contribution in [0.25, 0.3) is 0 Å². The summed E-state index contributed by atoms with van der Waals surface area (Å²) < 4.78 is 5.63. The molecule has 0 aromatic carbocycles. The Kier molecular flexibility index (Phi) is 4.18. The third-order valence-corrected chi connectivity index (χ3v) is 4.06. The van der Waals surface area contributed by atoms with Crippen molar-refractivity contribution in [1.82, 2.24) is 20.4 Å². The van der Waals surface area contributed by atoms with E-state index in [4.69, 9.17) is 4.42 Å². The maximum absolute atomic E-state index is 5.63. The SMILES string of the molecule is CC(NCC(c1ccco1)N1CCCC1)c1ccn[nH]1. The highest BCUT2D eigenvalue weighted by atomic mass is 16.3. The molecule has 0 radical (unpaired) electrons. The number of aromatic amines is 1. The number of hydrogen-bond acceptors (Lipinski definition) is 4. The fourth-order valence-electron chi connectivity index (χ4n) is 2.85. The van der Waals surface area contributed by atoms with Gasteiger partial charge in [0, 0.05) is 18.8 Å². The third-order valence-electron chi connectivity index (χ3n) is 4.06. The molecule has 5 nitrogen and oxygen atoms in total. The maximum atomic E-state index is 5.63. The number of nitrogens with one attached hydrogen (secondary N) is 2. The molecular weight excluding hydrogens is 252 g/mol. The molecular formula is C15H22N4O. The molecule has 0 amide bonds. The lowest BCUT2D eigenvalue weighted by Crippen LogP contribution is -2.35. The van der Waals surface area contributed by atoms with E-state index in [0.717, 1.165) is 31.1 Å². The van der Waals surface area contributed by atoms with Crippen LogP contribution < -0.4 is 5.32 Å². The van der Waals surface area contributed by atoms with Gasteiger partial charge in [-0.05, 0) is 51.1 Å². The van der Waals surface area contributed by atoms with Gasteiger partial charge in [-0.3, -0.25) is 10.00 Å². The Hall–Kier alpha value is -1.59. The zero-order valence-corrected chi connectivity index (χ0v) is 11.9. The number of furan rings is 1. The lowest BCUT2D eigenvalue weighted by Gasteiger charge is -2.27. The third kappa shape index (κ3) is 2.94. The Morgan fingerprint density at radius 1 is 1.40 bits per heavy atom. The topological polar surface area (TPSA) is 57.1 Å². The van der Waals surface area contributed by atoms with Crippen LogP contribution in [0.1, 0.15) is 43.3 Å². The van der Waals surface area contributed by atoms with Crippen LogP contribution in [0.2, 0.25) is 0 Å². The highest BCUT2D eigenvalue weighted by Crippen LogP contribution is 2.25. The smallest absolute Gasteiger partial charge is 0.122 e. The molecule has 1 aliphatic heterocycles. The molecule has 0 bridgehead atoms. The van der Waals surface area contributed by atoms with Crippen molar-refractivity contribution in [1.29, 1.82) is 0 Å². The average molecular weight is 274 g/mol. The molecule has 1 aliphatic rings. The Labute approximate surface area is 119 Å². The predicted octanol–water partition coefficient (Wildman–Crippen LogP) is 2.49. The summed E-state index contributed by atoms with van der Waals surface area (Å²) in [5.41, 5.74) is 1.12.